The minimum absolute atomic E-state index is 0.000420. The maximum atomic E-state index is 11.9. The quantitative estimate of drug-likeness (QED) is 0.607. The minimum atomic E-state index is -3.87. The molecule has 18 heavy (non-hydrogen) atoms. The van der Waals surface area contributed by atoms with E-state index >= 15 is 0 Å². The Balaban J connectivity index is 2.95. The van der Waals surface area contributed by atoms with Crippen molar-refractivity contribution in [1.29, 1.82) is 5.39 Å². The fourth-order valence-corrected chi connectivity index (χ4v) is 2.41. The number of aryl methyl sites for hydroxylation is 1. The molecule has 0 aliphatic carbocycles. The summed E-state index contributed by atoms with van der Waals surface area (Å²) in [7, 11) is -3.87. The molecule has 0 N–H and O–H groups in total. The summed E-state index contributed by atoms with van der Waals surface area (Å²) in [6.07, 6.45) is 0.649. The molecule has 0 atom stereocenters. The van der Waals surface area contributed by atoms with Crippen LogP contribution in [0, 0.1) is 18.2 Å². The van der Waals surface area contributed by atoms with Crippen molar-refractivity contribution in [2.24, 2.45) is 5.92 Å². The Morgan fingerprint density at radius 1 is 1.39 bits per heavy atom. The molecule has 1 aromatic rings. The molecule has 0 saturated carbocycles. The van der Waals surface area contributed by atoms with E-state index in [0.717, 1.165) is 5.56 Å². The number of hydrogen-bond acceptors (Lipinski definition) is 4. The Morgan fingerprint density at radius 3 is 2.61 bits per heavy atom. The number of hydrogen-bond donors (Lipinski definition) is 0. The van der Waals surface area contributed by atoms with Gasteiger partial charge >= 0.3 is 15.8 Å². The van der Waals surface area contributed by atoms with Crippen molar-refractivity contribution in [1.82, 2.24) is 0 Å². The fraction of sp³-hybridized carbons (Fsp3) is 0.500. The maximum Gasteiger partial charge on any atom is 0.406 e. The molecule has 0 amide bonds. The molecule has 0 aliphatic heterocycles. The molecule has 1 rings (SSSR count). The van der Waals surface area contributed by atoms with Crippen molar-refractivity contribution < 1.29 is 12.6 Å². The Kier molecular flexibility index (Phi) is 4.82. The van der Waals surface area contributed by atoms with E-state index in [1.54, 1.807) is 13.0 Å². The van der Waals surface area contributed by atoms with Gasteiger partial charge in [-0.15, -0.1) is 0 Å². The molecule has 0 fully saturated rings. The Labute approximate surface area is 108 Å². The lowest BCUT2D eigenvalue weighted by Gasteiger charge is -2.06. The highest BCUT2D eigenvalue weighted by Gasteiger charge is 2.27. The van der Waals surface area contributed by atoms with E-state index in [1.807, 2.05) is 13.8 Å². The normalized spacial score (nSPS) is 11.5. The molecule has 98 valence electrons. The van der Waals surface area contributed by atoms with Gasteiger partial charge in [0.25, 0.3) is 0 Å². The van der Waals surface area contributed by atoms with E-state index < -0.39 is 10.1 Å². The van der Waals surface area contributed by atoms with Gasteiger partial charge in [0.15, 0.2) is 9.87 Å². The van der Waals surface area contributed by atoms with Crippen LogP contribution in [0.25, 0.3) is 4.98 Å². The molecule has 0 radical (unpaired) electrons. The number of rotatable bonds is 5. The molecule has 5 nitrogen and oxygen atoms in total. The zero-order valence-corrected chi connectivity index (χ0v) is 11.6. The third-order valence-corrected chi connectivity index (χ3v) is 3.79. The standard InChI is InChI=1S/C12H17N2O3S/c1-9(2)6-7-17-18(15,16)12-5-4-10(3)8-11(12)14-13/h4-5,8-9H,6-7H2,1-3H3/q+1. The van der Waals surface area contributed by atoms with Gasteiger partial charge < -0.3 is 0 Å². The summed E-state index contributed by atoms with van der Waals surface area (Å²) in [6.45, 7) is 5.87. The van der Waals surface area contributed by atoms with Gasteiger partial charge in [-0.05, 0) is 30.9 Å². The highest BCUT2D eigenvalue weighted by molar-refractivity contribution is 7.87. The van der Waals surface area contributed by atoms with Crippen molar-refractivity contribution in [3.05, 3.63) is 28.7 Å². The van der Waals surface area contributed by atoms with Gasteiger partial charge in [-0.2, -0.15) is 8.42 Å². The summed E-state index contributed by atoms with van der Waals surface area (Å²) in [6, 6.07) is 4.50. The lowest BCUT2D eigenvalue weighted by Crippen LogP contribution is -2.09. The van der Waals surface area contributed by atoms with Crippen LogP contribution in [-0.4, -0.2) is 15.0 Å². The average molecular weight is 269 g/mol. The zero-order valence-electron chi connectivity index (χ0n) is 10.8. The number of diazo groups is 1. The molecule has 0 aliphatic rings. The van der Waals surface area contributed by atoms with Crippen LogP contribution in [0.4, 0.5) is 5.69 Å². The minimum Gasteiger partial charge on any atom is -0.266 e. The summed E-state index contributed by atoms with van der Waals surface area (Å²) in [5.41, 5.74) is 0.809. The van der Waals surface area contributed by atoms with Crippen molar-refractivity contribution in [2.45, 2.75) is 32.1 Å². The van der Waals surface area contributed by atoms with Crippen LogP contribution in [0.3, 0.4) is 0 Å². The summed E-state index contributed by atoms with van der Waals surface area (Å²) >= 11 is 0. The predicted molar refractivity (Wildman–Crippen MR) is 68.5 cm³/mol. The Hall–Kier alpha value is -1.45. The van der Waals surface area contributed by atoms with E-state index in [0.29, 0.717) is 12.3 Å². The molecule has 0 heterocycles. The Morgan fingerprint density at radius 2 is 2.06 bits per heavy atom. The Bertz CT molecular complexity index is 559. The van der Waals surface area contributed by atoms with Crippen LogP contribution >= 0.6 is 0 Å². The molecule has 0 unspecified atom stereocenters. The van der Waals surface area contributed by atoms with E-state index in [9.17, 15) is 8.42 Å². The summed E-state index contributed by atoms with van der Waals surface area (Å²) in [5, 5.41) is 8.82. The first-order chi connectivity index (χ1) is 8.36. The topological polar surface area (TPSA) is 71.5 Å². The van der Waals surface area contributed by atoms with Crippen LogP contribution < -0.4 is 0 Å². The molecular formula is C12H17N2O3S+. The van der Waals surface area contributed by atoms with E-state index in [4.69, 9.17) is 9.58 Å². The lowest BCUT2D eigenvalue weighted by molar-refractivity contribution is 0.293. The van der Waals surface area contributed by atoms with Crippen LogP contribution in [0.1, 0.15) is 25.8 Å². The predicted octanol–water partition coefficient (Wildman–Crippen LogP) is 3.23. The average Bonchev–Trinajstić information content (AvgIpc) is 2.27. The van der Waals surface area contributed by atoms with Gasteiger partial charge in [0.1, 0.15) is 0 Å². The van der Waals surface area contributed by atoms with Crippen molar-refractivity contribution in [3.8, 4) is 0 Å². The number of nitrogens with zero attached hydrogens (tertiary/aromatic N) is 2. The van der Waals surface area contributed by atoms with E-state index in [1.165, 1.54) is 12.1 Å². The lowest BCUT2D eigenvalue weighted by atomic mass is 10.2. The molecular weight excluding hydrogens is 252 g/mol. The first-order valence-electron chi connectivity index (χ1n) is 5.72. The third-order valence-electron chi connectivity index (χ3n) is 2.43. The van der Waals surface area contributed by atoms with Gasteiger partial charge in [-0.3, -0.25) is 4.18 Å². The molecule has 6 heteroatoms. The van der Waals surface area contributed by atoms with Gasteiger partial charge in [0.2, 0.25) is 5.39 Å². The maximum absolute atomic E-state index is 11.9. The molecule has 1 aromatic carbocycles. The van der Waals surface area contributed by atoms with Crippen molar-refractivity contribution in [3.63, 3.8) is 0 Å². The highest BCUT2D eigenvalue weighted by atomic mass is 32.2. The van der Waals surface area contributed by atoms with Crippen LogP contribution in [0.2, 0.25) is 0 Å². The first-order valence-corrected chi connectivity index (χ1v) is 7.13. The second-order valence-corrected chi connectivity index (χ2v) is 6.11. The summed E-state index contributed by atoms with van der Waals surface area (Å²) in [5.74, 6) is 0.361. The first kappa shape index (κ1) is 14.6. The molecule has 0 aromatic heterocycles. The highest BCUT2D eigenvalue weighted by Crippen LogP contribution is 2.27. The van der Waals surface area contributed by atoms with Gasteiger partial charge in [0, 0.05) is 6.07 Å². The fourth-order valence-electron chi connectivity index (χ4n) is 1.37. The van der Waals surface area contributed by atoms with Gasteiger partial charge in [0.05, 0.1) is 6.61 Å². The summed E-state index contributed by atoms with van der Waals surface area (Å²) < 4.78 is 28.7. The molecule has 0 bridgehead atoms. The van der Waals surface area contributed by atoms with Crippen LogP contribution in [-0.2, 0) is 14.3 Å². The second kappa shape index (κ2) is 5.94. The zero-order chi connectivity index (χ0) is 13.8. The van der Waals surface area contributed by atoms with Crippen molar-refractivity contribution in [2.75, 3.05) is 6.61 Å². The third kappa shape index (κ3) is 3.79. The van der Waals surface area contributed by atoms with Crippen LogP contribution in [0.15, 0.2) is 23.1 Å². The van der Waals surface area contributed by atoms with Crippen molar-refractivity contribution >= 4 is 15.8 Å². The monoisotopic (exact) mass is 269 g/mol. The molecule has 0 saturated heterocycles. The van der Waals surface area contributed by atoms with Crippen LogP contribution in [0.5, 0.6) is 0 Å². The van der Waals surface area contributed by atoms with E-state index in [2.05, 4.69) is 4.98 Å². The summed E-state index contributed by atoms with van der Waals surface area (Å²) in [4.78, 5) is 2.87. The van der Waals surface area contributed by atoms with Gasteiger partial charge in [-0.1, -0.05) is 19.9 Å². The van der Waals surface area contributed by atoms with Gasteiger partial charge in [-0.25, -0.2) is 0 Å². The molecule has 0 spiro atoms. The number of benzene rings is 1. The smallest absolute Gasteiger partial charge is 0.266 e. The second-order valence-electron chi connectivity index (χ2n) is 4.53. The SMILES string of the molecule is Cc1ccc(S(=O)(=O)OCCC(C)C)c([N+]#N)c1. The largest absolute Gasteiger partial charge is 0.406 e. The van der Waals surface area contributed by atoms with E-state index in [-0.39, 0.29) is 17.2 Å².